The van der Waals surface area contributed by atoms with Gasteiger partial charge < -0.3 is 10.2 Å². The smallest absolute Gasteiger partial charge is 0.0107 e. The van der Waals surface area contributed by atoms with E-state index in [4.69, 9.17) is 0 Å². The summed E-state index contributed by atoms with van der Waals surface area (Å²) in [6.45, 7) is 7.45. The highest BCUT2D eigenvalue weighted by molar-refractivity contribution is 4.78. The van der Waals surface area contributed by atoms with Gasteiger partial charge in [-0.2, -0.15) is 0 Å². The van der Waals surface area contributed by atoms with E-state index in [2.05, 4.69) is 17.1 Å². The normalized spacial score (nSPS) is 25.5. The molecule has 0 bridgehead atoms. The Labute approximate surface area is 88.1 Å². The number of hydrogen-bond acceptors (Lipinski definition) is 2. The number of hydrogen-bond donors (Lipinski definition) is 1. The van der Waals surface area contributed by atoms with Crippen LogP contribution in [0.25, 0.3) is 0 Å². The molecule has 2 aliphatic rings. The highest BCUT2D eigenvalue weighted by Crippen LogP contribution is 2.33. The molecule has 0 aromatic rings. The summed E-state index contributed by atoms with van der Waals surface area (Å²) >= 11 is 0. The molecule has 82 valence electrons. The van der Waals surface area contributed by atoms with Gasteiger partial charge >= 0.3 is 0 Å². The zero-order chi connectivity index (χ0) is 9.80. The summed E-state index contributed by atoms with van der Waals surface area (Å²) in [7, 11) is 0. The first kappa shape index (κ1) is 10.4. The van der Waals surface area contributed by atoms with Crippen LogP contribution in [0.15, 0.2) is 0 Å². The van der Waals surface area contributed by atoms with Crippen LogP contribution in [-0.4, -0.2) is 37.1 Å². The maximum Gasteiger partial charge on any atom is 0.0107 e. The largest absolute Gasteiger partial charge is 0.313 e. The Kier molecular flexibility index (Phi) is 3.82. The van der Waals surface area contributed by atoms with Gasteiger partial charge in [0.2, 0.25) is 0 Å². The zero-order valence-corrected chi connectivity index (χ0v) is 9.47. The van der Waals surface area contributed by atoms with Crippen molar-refractivity contribution in [1.82, 2.24) is 10.2 Å². The van der Waals surface area contributed by atoms with Crippen molar-refractivity contribution >= 4 is 0 Å². The van der Waals surface area contributed by atoms with Crippen LogP contribution in [0.5, 0.6) is 0 Å². The Morgan fingerprint density at radius 2 is 2.00 bits per heavy atom. The van der Waals surface area contributed by atoms with Crippen molar-refractivity contribution in [3.05, 3.63) is 0 Å². The van der Waals surface area contributed by atoms with Crippen molar-refractivity contribution in [2.45, 2.75) is 45.1 Å². The molecule has 1 unspecified atom stereocenters. The summed E-state index contributed by atoms with van der Waals surface area (Å²) in [5.74, 6) is 1.06. The second-order valence-corrected chi connectivity index (χ2v) is 5.08. The molecule has 1 saturated heterocycles. The molecule has 0 radical (unpaired) electrons. The number of nitrogens with one attached hydrogen (secondary N) is 1. The minimum atomic E-state index is 0.741. The average Bonchev–Trinajstić information content (AvgIpc) is 2.82. The van der Waals surface area contributed by atoms with Crippen molar-refractivity contribution in [2.75, 3.05) is 26.2 Å². The quantitative estimate of drug-likeness (QED) is 0.697. The lowest BCUT2D eigenvalue weighted by Gasteiger charge is -2.18. The van der Waals surface area contributed by atoms with Crippen molar-refractivity contribution in [3.63, 3.8) is 0 Å². The summed E-state index contributed by atoms with van der Waals surface area (Å²) in [6.07, 6.45) is 7.20. The van der Waals surface area contributed by atoms with Crippen LogP contribution >= 0.6 is 0 Å². The minimum Gasteiger partial charge on any atom is -0.313 e. The Hall–Kier alpha value is -0.0800. The summed E-state index contributed by atoms with van der Waals surface area (Å²) in [5, 5.41) is 3.64. The van der Waals surface area contributed by atoms with Crippen molar-refractivity contribution in [1.29, 1.82) is 0 Å². The Morgan fingerprint density at radius 1 is 1.29 bits per heavy atom. The van der Waals surface area contributed by atoms with Gasteiger partial charge in [-0.25, -0.2) is 0 Å². The Bertz CT molecular complexity index is 160. The summed E-state index contributed by atoms with van der Waals surface area (Å²) in [5.41, 5.74) is 0. The van der Waals surface area contributed by atoms with Crippen LogP contribution < -0.4 is 5.32 Å². The lowest BCUT2D eigenvalue weighted by Crippen LogP contribution is -2.34. The first-order valence-corrected chi connectivity index (χ1v) is 6.30. The molecule has 1 atom stereocenters. The zero-order valence-electron chi connectivity index (χ0n) is 9.47. The molecule has 2 rings (SSSR count). The molecule has 14 heavy (non-hydrogen) atoms. The first-order valence-electron chi connectivity index (χ1n) is 6.30. The van der Waals surface area contributed by atoms with E-state index in [1.54, 1.807) is 0 Å². The standard InChI is InChI=1S/C12H24N2/c1-11(10-12-4-5-12)13-6-9-14-7-2-3-8-14/h11-13H,2-10H2,1H3. The molecule has 1 saturated carbocycles. The van der Waals surface area contributed by atoms with Crippen LogP contribution in [0.3, 0.4) is 0 Å². The first-order chi connectivity index (χ1) is 6.84. The van der Waals surface area contributed by atoms with Gasteiger partial charge in [-0.1, -0.05) is 12.8 Å². The molecule has 1 heterocycles. The number of rotatable bonds is 6. The lowest BCUT2D eigenvalue weighted by molar-refractivity contribution is 0.325. The van der Waals surface area contributed by atoms with E-state index in [9.17, 15) is 0 Å². The Balaban J connectivity index is 1.48. The SMILES string of the molecule is CC(CC1CC1)NCCN1CCCC1. The van der Waals surface area contributed by atoms with E-state index in [1.807, 2.05) is 0 Å². The maximum absolute atomic E-state index is 3.64. The number of nitrogens with zero attached hydrogens (tertiary/aromatic N) is 1. The molecule has 1 N–H and O–H groups in total. The van der Waals surface area contributed by atoms with E-state index in [1.165, 1.54) is 58.3 Å². The molecule has 0 aromatic carbocycles. The fraction of sp³-hybridized carbons (Fsp3) is 1.00. The van der Waals surface area contributed by atoms with E-state index in [0.717, 1.165) is 12.0 Å². The van der Waals surface area contributed by atoms with Gasteiger partial charge in [-0.05, 0) is 45.2 Å². The van der Waals surface area contributed by atoms with Gasteiger partial charge in [-0.15, -0.1) is 0 Å². The summed E-state index contributed by atoms with van der Waals surface area (Å²) in [6, 6.07) is 0.741. The van der Waals surface area contributed by atoms with E-state index in [0.29, 0.717) is 0 Å². The fourth-order valence-corrected chi connectivity index (χ4v) is 2.41. The highest BCUT2D eigenvalue weighted by Gasteiger charge is 2.23. The second-order valence-electron chi connectivity index (χ2n) is 5.08. The van der Waals surface area contributed by atoms with Crippen LogP contribution in [0.2, 0.25) is 0 Å². The molecule has 0 aromatic heterocycles. The topological polar surface area (TPSA) is 15.3 Å². The molecular formula is C12H24N2. The molecule has 0 amide bonds. The van der Waals surface area contributed by atoms with E-state index >= 15 is 0 Å². The van der Waals surface area contributed by atoms with Crippen molar-refractivity contribution in [3.8, 4) is 0 Å². The van der Waals surface area contributed by atoms with Gasteiger partial charge in [-0.3, -0.25) is 0 Å². The highest BCUT2D eigenvalue weighted by atomic mass is 15.1. The third-order valence-corrected chi connectivity index (χ3v) is 3.50. The monoisotopic (exact) mass is 196 g/mol. The average molecular weight is 196 g/mol. The molecule has 1 aliphatic heterocycles. The van der Waals surface area contributed by atoms with E-state index < -0.39 is 0 Å². The maximum atomic E-state index is 3.64. The third kappa shape index (κ3) is 3.58. The molecular weight excluding hydrogens is 172 g/mol. The lowest BCUT2D eigenvalue weighted by atomic mass is 10.1. The van der Waals surface area contributed by atoms with Gasteiger partial charge in [0.1, 0.15) is 0 Å². The Morgan fingerprint density at radius 3 is 2.64 bits per heavy atom. The molecule has 1 aliphatic carbocycles. The van der Waals surface area contributed by atoms with Crippen LogP contribution in [-0.2, 0) is 0 Å². The van der Waals surface area contributed by atoms with E-state index in [-0.39, 0.29) is 0 Å². The predicted octanol–water partition coefficient (Wildman–Crippen LogP) is 1.86. The van der Waals surface area contributed by atoms with Gasteiger partial charge in [0.15, 0.2) is 0 Å². The van der Waals surface area contributed by atoms with Crippen molar-refractivity contribution < 1.29 is 0 Å². The molecule has 2 heteroatoms. The van der Waals surface area contributed by atoms with Crippen LogP contribution in [0.4, 0.5) is 0 Å². The fourth-order valence-electron chi connectivity index (χ4n) is 2.41. The summed E-state index contributed by atoms with van der Waals surface area (Å²) in [4.78, 5) is 2.58. The van der Waals surface area contributed by atoms with Gasteiger partial charge in [0, 0.05) is 19.1 Å². The molecule has 0 spiro atoms. The van der Waals surface area contributed by atoms with Crippen LogP contribution in [0, 0.1) is 5.92 Å². The van der Waals surface area contributed by atoms with Gasteiger partial charge in [0.05, 0.1) is 0 Å². The van der Waals surface area contributed by atoms with Gasteiger partial charge in [0.25, 0.3) is 0 Å². The van der Waals surface area contributed by atoms with Crippen molar-refractivity contribution in [2.24, 2.45) is 5.92 Å². The second kappa shape index (κ2) is 5.13. The predicted molar refractivity (Wildman–Crippen MR) is 60.5 cm³/mol. The molecule has 2 fully saturated rings. The summed E-state index contributed by atoms with van der Waals surface area (Å²) < 4.78 is 0. The third-order valence-electron chi connectivity index (χ3n) is 3.50. The molecule has 2 nitrogen and oxygen atoms in total. The minimum absolute atomic E-state index is 0.741. The number of likely N-dealkylation sites (tertiary alicyclic amines) is 1. The van der Waals surface area contributed by atoms with Crippen LogP contribution in [0.1, 0.15) is 39.0 Å².